The molecule has 1 aromatic carbocycles. The van der Waals surface area contributed by atoms with Crippen LogP contribution in [0.5, 0.6) is 5.88 Å². The Labute approximate surface area is 152 Å². The van der Waals surface area contributed by atoms with E-state index in [1.165, 1.54) is 36.5 Å². The monoisotopic (exact) mass is 382 g/mol. The number of anilines is 1. The van der Waals surface area contributed by atoms with Gasteiger partial charge in [0.25, 0.3) is 11.7 Å². The van der Waals surface area contributed by atoms with Crippen molar-refractivity contribution in [2.24, 2.45) is 0 Å². The van der Waals surface area contributed by atoms with E-state index in [1.807, 2.05) is 0 Å². The van der Waals surface area contributed by atoms with Crippen LogP contribution in [0.1, 0.15) is 17.3 Å². The number of esters is 1. The lowest BCUT2D eigenvalue weighted by atomic mass is 10.3. The fourth-order valence-corrected chi connectivity index (χ4v) is 2.42. The summed E-state index contributed by atoms with van der Waals surface area (Å²) in [5, 5.41) is 2.51. The fourth-order valence-electron chi connectivity index (χ4n) is 1.92. The van der Waals surface area contributed by atoms with Gasteiger partial charge in [-0.15, -0.1) is 0 Å². The summed E-state index contributed by atoms with van der Waals surface area (Å²) in [4.78, 5) is 28.2. The lowest BCUT2D eigenvalue weighted by Crippen LogP contribution is -2.21. The zero-order valence-corrected chi connectivity index (χ0v) is 14.6. The normalized spacial score (nSPS) is 10.5. The highest BCUT2D eigenvalue weighted by Crippen LogP contribution is 2.26. The first-order valence-corrected chi connectivity index (χ1v) is 8.47. The zero-order valence-electron chi connectivity index (χ0n) is 13.8. The van der Waals surface area contributed by atoms with Crippen molar-refractivity contribution in [3.05, 3.63) is 48.2 Å². The fraction of sp³-hybridized carbons (Fsp3) is 0.235. The standard InChI is InChI=1S/C17H16F2N2O4S/c1-2-24-15-13(4-3-9-20-15)16(23)25-10-14(22)21-11-5-7-12(8-6-11)26-17(18)19/h3-9,17H,2,10H2,1H3,(H,21,22). The minimum atomic E-state index is -2.51. The minimum absolute atomic E-state index is 0.121. The molecule has 1 aromatic heterocycles. The number of nitrogens with zero attached hydrogens (tertiary/aromatic N) is 1. The number of aromatic nitrogens is 1. The van der Waals surface area contributed by atoms with Crippen LogP contribution in [0.4, 0.5) is 14.5 Å². The molecule has 0 saturated heterocycles. The third kappa shape index (κ3) is 5.99. The number of halogens is 2. The summed E-state index contributed by atoms with van der Waals surface area (Å²) >= 11 is 0.410. The van der Waals surface area contributed by atoms with Crippen LogP contribution in [0.25, 0.3) is 0 Å². The SMILES string of the molecule is CCOc1ncccc1C(=O)OCC(=O)Nc1ccc(SC(F)F)cc1. The van der Waals surface area contributed by atoms with Gasteiger partial charge in [0, 0.05) is 16.8 Å². The van der Waals surface area contributed by atoms with Crippen molar-refractivity contribution in [3.63, 3.8) is 0 Å². The molecule has 0 unspecified atom stereocenters. The van der Waals surface area contributed by atoms with Gasteiger partial charge in [0.15, 0.2) is 6.61 Å². The van der Waals surface area contributed by atoms with E-state index in [4.69, 9.17) is 9.47 Å². The van der Waals surface area contributed by atoms with Crippen LogP contribution >= 0.6 is 11.8 Å². The van der Waals surface area contributed by atoms with Crippen molar-refractivity contribution in [1.29, 1.82) is 0 Å². The number of thioether (sulfide) groups is 1. The Morgan fingerprint density at radius 3 is 2.62 bits per heavy atom. The van der Waals surface area contributed by atoms with Gasteiger partial charge in [0.05, 0.1) is 6.61 Å². The summed E-state index contributed by atoms with van der Waals surface area (Å²) in [6.45, 7) is 1.58. The number of amides is 1. The summed E-state index contributed by atoms with van der Waals surface area (Å²) in [7, 11) is 0. The third-order valence-corrected chi connectivity index (χ3v) is 3.69. The van der Waals surface area contributed by atoms with Gasteiger partial charge in [-0.05, 0) is 43.3 Å². The smallest absolute Gasteiger partial charge is 0.344 e. The number of hydrogen-bond donors (Lipinski definition) is 1. The van der Waals surface area contributed by atoms with E-state index in [1.54, 1.807) is 13.0 Å². The number of carbonyl (C=O) groups is 2. The molecule has 2 aromatic rings. The number of carbonyl (C=O) groups excluding carboxylic acids is 2. The molecule has 1 amide bonds. The van der Waals surface area contributed by atoms with E-state index in [2.05, 4.69) is 10.3 Å². The van der Waals surface area contributed by atoms with Crippen LogP contribution in [-0.4, -0.2) is 35.8 Å². The molecule has 0 aliphatic carbocycles. The number of alkyl halides is 2. The van der Waals surface area contributed by atoms with E-state index in [9.17, 15) is 18.4 Å². The average Bonchev–Trinajstić information content (AvgIpc) is 2.62. The van der Waals surface area contributed by atoms with Crippen molar-refractivity contribution in [1.82, 2.24) is 4.98 Å². The minimum Gasteiger partial charge on any atom is -0.477 e. The number of nitrogens with one attached hydrogen (secondary N) is 1. The first kappa shape index (κ1) is 19.6. The van der Waals surface area contributed by atoms with Crippen LogP contribution in [0.15, 0.2) is 47.5 Å². The Balaban J connectivity index is 1.87. The van der Waals surface area contributed by atoms with E-state index >= 15 is 0 Å². The van der Waals surface area contributed by atoms with Crippen LogP contribution in [0.3, 0.4) is 0 Å². The largest absolute Gasteiger partial charge is 0.477 e. The molecule has 0 radical (unpaired) electrons. The molecule has 1 heterocycles. The van der Waals surface area contributed by atoms with Crippen LogP contribution in [-0.2, 0) is 9.53 Å². The van der Waals surface area contributed by atoms with E-state index in [0.29, 0.717) is 29.0 Å². The summed E-state index contributed by atoms with van der Waals surface area (Å²) in [6, 6.07) is 8.93. The Bertz CT molecular complexity index is 757. The van der Waals surface area contributed by atoms with Crippen LogP contribution in [0.2, 0.25) is 0 Å². The van der Waals surface area contributed by atoms with Crippen LogP contribution < -0.4 is 10.1 Å². The zero-order chi connectivity index (χ0) is 18.9. The summed E-state index contributed by atoms with van der Waals surface area (Å²) in [5.74, 6) is -3.67. The van der Waals surface area contributed by atoms with Gasteiger partial charge in [-0.2, -0.15) is 8.78 Å². The molecule has 2 rings (SSSR count). The molecule has 0 spiro atoms. The molecule has 0 aliphatic rings. The third-order valence-electron chi connectivity index (χ3n) is 2.97. The second-order valence-corrected chi connectivity index (χ2v) is 5.88. The van der Waals surface area contributed by atoms with Gasteiger partial charge in [0.2, 0.25) is 5.88 Å². The van der Waals surface area contributed by atoms with Gasteiger partial charge in [-0.25, -0.2) is 9.78 Å². The van der Waals surface area contributed by atoms with Gasteiger partial charge in [0.1, 0.15) is 5.56 Å². The second kappa shape index (κ2) is 9.71. The first-order chi connectivity index (χ1) is 12.5. The Morgan fingerprint density at radius 2 is 1.96 bits per heavy atom. The summed E-state index contributed by atoms with van der Waals surface area (Å²) in [5.41, 5.74) is 0.525. The predicted molar refractivity (Wildman–Crippen MR) is 92.6 cm³/mol. The highest BCUT2D eigenvalue weighted by atomic mass is 32.2. The molecule has 0 saturated carbocycles. The average molecular weight is 382 g/mol. The maximum atomic E-state index is 12.3. The Morgan fingerprint density at radius 1 is 1.23 bits per heavy atom. The molecular formula is C17H16F2N2O4S. The van der Waals surface area contributed by atoms with Gasteiger partial charge in [-0.1, -0.05) is 11.8 Å². The second-order valence-electron chi connectivity index (χ2n) is 4.82. The number of ether oxygens (including phenoxy) is 2. The topological polar surface area (TPSA) is 77.5 Å². The van der Waals surface area contributed by atoms with Gasteiger partial charge < -0.3 is 14.8 Å². The number of rotatable bonds is 8. The van der Waals surface area contributed by atoms with Crippen molar-refractivity contribution in [2.45, 2.75) is 17.6 Å². The lowest BCUT2D eigenvalue weighted by Gasteiger charge is -2.09. The quantitative estimate of drug-likeness (QED) is 0.555. The predicted octanol–water partition coefficient (Wildman–Crippen LogP) is 3.59. The number of hydrogen-bond acceptors (Lipinski definition) is 6. The molecule has 6 nitrogen and oxygen atoms in total. The molecule has 9 heteroatoms. The van der Waals surface area contributed by atoms with Crippen molar-refractivity contribution in [3.8, 4) is 5.88 Å². The summed E-state index contributed by atoms with van der Waals surface area (Å²) in [6.07, 6.45) is 1.48. The Kier molecular flexibility index (Phi) is 7.34. The van der Waals surface area contributed by atoms with Crippen molar-refractivity contribution in [2.75, 3.05) is 18.5 Å². The Hall–Kier alpha value is -2.68. The molecule has 138 valence electrons. The molecule has 26 heavy (non-hydrogen) atoms. The van der Waals surface area contributed by atoms with Crippen molar-refractivity contribution < 1.29 is 27.8 Å². The maximum absolute atomic E-state index is 12.3. The molecule has 0 atom stereocenters. The molecule has 0 fully saturated rings. The van der Waals surface area contributed by atoms with Crippen molar-refractivity contribution >= 4 is 29.3 Å². The maximum Gasteiger partial charge on any atom is 0.344 e. The molecule has 1 N–H and O–H groups in total. The van der Waals surface area contributed by atoms with Crippen LogP contribution in [0, 0.1) is 0 Å². The van der Waals surface area contributed by atoms with E-state index < -0.39 is 24.2 Å². The van der Waals surface area contributed by atoms with Gasteiger partial charge >= 0.3 is 5.97 Å². The summed E-state index contributed by atoms with van der Waals surface area (Å²) < 4.78 is 34.7. The first-order valence-electron chi connectivity index (χ1n) is 7.59. The van der Waals surface area contributed by atoms with Gasteiger partial charge in [-0.3, -0.25) is 4.79 Å². The molecule has 0 bridgehead atoms. The number of pyridine rings is 1. The van der Waals surface area contributed by atoms with E-state index in [0.717, 1.165) is 0 Å². The van der Waals surface area contributed by atoms with E-state index in [-0.39, 0.29) is 11.4 Å². The highest BCUT2D eigenvalue weighted by Gasteiger charge is 2.16. The lowest BCUT2D eigenvalue weighted by molar-refractivity contribution is -0.119. The highest BCUT2D eigenvalue weighted by molar-refractivity contribution is 7.99. The molecule has 0 aliphatic heterocycles. The number of benzene rings is 1. The molecular weight excluding hydrogens is 366 g/mol.